The number of carbonyl (C=O) groups is 2. The maximum Gasteiger partial charge on any atom is 0.271 e. The number of nitrogens with one attached hydrogen (secondary N) is 1. The predicted octanol–water partition coefficient (Wildman–Crippen LogP) is 3.42. The number of rotatable bonds is 4. The number of benzene rings is 2. The first-order valence-electron chi connectivity index (χ1n) is 9.04. The average molecular weight is 368 g/mol. The molecule has 1 N–H and O–H groups in total. The molecule has 140 valence electrons. The summed E-state index contributed by atoms with van der Waals surface area (Å²) in [5, 5.41) is 2.93. The van der Waals surface area contributed by atoms with Gasteiger partial charge in [-0.1, -0.05) is 18.2 Å². The van der Waals surface area contributed by atoms with Crippen LogP contribution in [0.2, 0.25) is 0 Å². The highest BCUT2D eigenvalue weighted by Crippen LogP contribution is 2.39. The Morgan fingerprint density at radius 1 is 1.26 bits per heavy atom. The van der Waals surface area contributed by atoms with Gasteiger partial charge in [-0.25, -0.2) is 4.39 Å². The molecule has 2 amide bonds. The Hall–Kier alpha value is -2.89. The topological polar surface area (TPSA) is 58.6 Å². The first kappa shape index (κ1) is 17.5. The second-order valence-electron chi connectivity index (χ2n) is 7.53. The fraction of sp³-hybridized carbons (Fsp3) is 0.333. The molecule has 27 heavy (non-hydrogen) atoms. The average Bonchev–Trinajstić information content (AvgIpc) is 3.44. The van der Waals surface area contributed by atoms with E-state index in [4.69, 9.17) is 4.74 Å². The maximum absolute atomic E-state index is 14.2. The first-order chi connectivity index (χ1) is 12.8. The van der Waals surface area contributed by atoms with Crippen LogP contribution in [-0.4, -0.2) is 23.5 Å². The lowest BCUT2D eigenvalue weighted by Crippen LogP contribution is -2.52. The molecule has 1 fully saturated rings. The van der Waals surface area contributed by atoms with Gasteiger partial charge < -0.3 is 15.0 Å². The van der Waals surface area contributed by atoms with Crippen LogP contribution < -0.4 is 15.0 Å². The van der Waals surface area contributed by atoms with E-state index < -0.39 is 5.60 Å². The van der Waals surface area contributed by atoms with Crippen LogP contribution in [0.5, 0.6) is 5.75 Å². The molecule has 0 spiro atoms. The third-order valence-electron chi connectivity index (χ3n) is 4.84. The van der Waals surface area contributed by atoms with E-state index in [1.54, 1.807) is 50.2 Å². The van der Waals surface area contributed by atoms with Gasteiger partial charge in [0.15, 0.2) is 5.60 Å². The number of anilines is 1. The molecule has 0 unspecified atom stereocenters. The summed E-state index contributed by atoms with van der Waals surface area (Å²) in [7, 11) is 0. The standard InChI is InChI=1S/C21H21FN2O3/c1-21(2)20(26)24(12-14-5-3-4-6-16(14)22)17-11-13(7-10-18(17)27-21)19(25)23-15-8-9-15/h3-7,10-11,15H,8-9,12H2,1-2H3,(H,23,25). The molecule has 0 aromatic heterocycles. The highest BCUT2D eigenvalue weighted by molar-refractivity contribution is 6.04. The van der Waals surface area contributed by atoms with Crippen molar-refractivity contribution in [2.75, 3.05) is 4.90 Å². The number of carbonyl (C=O) groups excluding carboxylic acids is 2. The Labute approximate surface area is 157 Å². The molecule has 0 radical (unpaired) electrons. The van der Waals surface area contributed by atoms with Crippen LogP contribution in [0, 0.1) is 5.82 Å². The Morgan fingerprint density at radius 2 is 2.00 bits per heavy atom. The van der Waals surface area contributed by atoms with Gasteiger partial charge in [-0.15, -0.1) is 0 Å². The quantitative estimate of drug-likeness (QED) is 0.900. The van der Waals surface area contributed by atoms with Gasteiger partial charge in [0, 0.05) is 17.2 Å². The van der Waals surface area contributed by atoms with Gasteiger partial charge in [-0.3, -0.25) is 9.59 Å². The smallest absolute Gasteiger partial charge is 0.271 e. The number of fused-ring (bicyclic) bond motifs is 1. The lowest BCUT2D eigenvalue weighted by Gasteiger charge is -2.39. The van der Waals surface area contributed by atoms with E-state index in [1.165, 1.54) is 11.0 Å². The van der Waals surface area contributed by atoms with Gasteiger partial charge in [-0.2, -0.15) is 0 Å². The van der Waals surface area contributed by atoms with Crippen molar-refractivity contribution in [2.45, 2.75) is 44.9 Å². The lowest BCUT2D eigenvalue weighted by atomic mass is 10.0. The first-order valence-corrected chi connectivity index (χ1v) is 9.04. The minimum atomic E-state index is -1.07. The molecule has 1 heterocycles. The van der Waals surface area contributed by atoms with Gasteiger partial charge in [-0.05, 0) is 51.0 Å². The van der Waals surface area contributed by atoms with Crippen molar-refractivity contribution >= 4 is 17.5 Å². The molecule has 4 rings (SSSR count). The van der Waals surface area contributed by atoms with Crippen molar-refractivity contribution in [2.24, 2.45) is 0 Å². The molecular weight excluding hydrogens is 347 g/mol. The van der Waals surface area contributed by atoms with E-state index in [-0.39, 0.29) is 30.2 Å². The number of hydrogen-bond donors (Lipinski definition) is 1. The molecule has 2 aliphatic rings. The molecule has 1 aliphatic heterocycles. The Morgan fingerprint density at radius 3 is 2.70 bits per heavy atom. The molecule has 0 bridgehead atoms. The van der Waals surface area contributed by atoms with Crippen molar-refractivity contribution in [3.63, 3.8) is 0 Å². The molecule has 2 aromatic carbocycles. The Kier molecular flexibility index (Phi) is 4.13. The van der Waals surface area contributed by atoms with E-state index in [2.05, 4.69) is 5.32 Å². The molecule has 5 nitrogen and oxygen atoms in total. The minimum absolute atomic E-state index is 0.0684. The van der Waals surface area contributed by atoms with E-state index >= 15 is 0 Å². The van der Waals surface area contributed by atoms with Crippen LogP contribution in [0.1, 0.15) is 42.6 Å². The van der Waals surface area contributed by atoms with E-state index in [9.17, 15) is 14.0 Å². The van der Waals surface area contributed by atoms with Crippen LogP contribution in [0.3, 0.4) is 0 Å². The van der Waals surface area contributed by atoms with Gasteiger partial charge in [0.25, 0.3) is 11.8 Å². The third kappa shape index (κ3) is 3.39. The van der Waals surface area contributed by atoms with E-state index in [0.717, 1.165) is 12.8 Å². The monoisotopic (exact) mass is 368 g/mol. The van der Waals surface area contributed by atoms with Crippen molar-refractivity contribution in [1.29, 1.82) is 0 Å². The summed E-state index contributed by atoms with van der Waals surface area (Å²) in [4.78, 5) is 26.9. The fourth-order valence-electron chi connectivity index (χ4n) is 3.16. The Balaban J connectivity index is 1.72. The molecule has 2 aromatic rings. The minimum Gasteiger partial charge on any atom is -0.476 e. The summed E-state index contributed by atoms with van der Waals surface area (Å²) >= 11 is 0. The number of ether oxygens (including phenoxy) is 1. The summed E-state index contributed by atoms with van der Waals surface area (Å²) in [6.45, 7) is 3.43. The van der Waals surface area contributed by atoms with Gasteiger partial charge in [0.1, 0.15) is 11.6 Å². The third-order valence-corrected chi connectivity index (χ3v) is 4.84. The highest BCUT2D eigenvalue weighted by atomic mass is 19.1. The zero-order valence-corrected chi connectivity index (χ0v) is 15.3. The summed E-state index contributed by atoms with van der Waals surface area (Å²) in [5.41, 5.74) is 0.263. The van der Waals surface area contributed by atoms with Crippen molar-refractivity contribution in [3.05, 3.63) is 59.4 Å². The SMILES string of the molecule is CC1(C)Oc2ccc(C(=O)NC3CC3)cc2N(Cc2ccccc2F)C1=O. The van der Waals surface area contributed by atoms with Gasteiger partial charge in [0.05, 0.1) is 12.2 Å². The van der Waals surface area contributed by atoms with Crippen molar-refractivity contribution in [1.82, 2.24) is 5.32 Å². The van der Waals surface area contributed by atoms with E-state index in [0.29, 0.717) is 22.6 Å². The number of halogens is 1. The van der Waals surface area contributed by atoms with Crippen LogP contribution in [-0.2, 0) is 11.3 Å². The Bertz CT molecular complexity index is 921. The van der Waals surface area contributed by atoms with Crippen molar-refractivity contribution in [3.8, 4) is 5.75 Å². The summed E-state index contributed by atoms with van der Waals surface area (Å²) in [6, 6.07) is 11.6. The predicted molar refractivity (Wildman–Crippen MR) is 99.2 cm³/mol. The van der Waals surface area contributed by atoms with E-state index in [1.807, 2.05) is 0 Å². The molecular formula is C21H21FN2O3. The van der Waals surface area contributed by atoms with Crippen LogP contribution in [0.25, 0.3) is 0 Å². The zero-order chi connectivity index (χ0) is 19.2. The molecule has 1 aliphatic carbocycles. The largest absolute Gasteiger partial charge is 0.476 e. The second-order valence-corrected chi connectivity index (χ2v) is 7.53. The second kappa shape index (κ2) is 6.37. The van der Waals surface area contributed by atoms with Gasteiger partial charge in [0.2, 0.25) is 0 Å². The summed E-state index contributed by atoms with van der Waals surface area (Å²) < 4.78 is 20.0. The van der Waals surface area contributed by atoms with Crippen molar-refractivity contribution < 1.29 is 18.7 Å². The van der Waals surface area contributed by atoms with Crippen LogP contribution in [0.4, 0.5) is 10.1 Å². The maximum atomic E-state index is 14.2. The molecule has 6 heteroatoms. The highest BCUT2D eigenvalue weighted by Gasteiger charge is 2.41. The van der Waals surface area contributed by atoms with Crippen LogP contribution >= 0.6 is 0 Å². The number of amides is 2. The zero-order valence-electron chi connectivity index (χ0n) is 15.3. The fourth-order valence-corrected chi connectivity index (χ4v) is 3.16. The molecule has 1 saturated carbocycles. The lowest BCUT2D eigenvalue weighted by molar-refractivity contribution is -0.132. The number of hydrogen-bond acceptors (Lipinski definition) is 3. The molecule has 0 saturated heterocycles. The molecule has 0 atom stereocenters. The summed E-state index contributed by atoms with van der Waals surface area (Å²) in [5.74, 6) is -0.334. The summed E-state index contributed by atoms with van der Waals surface area (Å²) in [6.07, 6.45) is 1.98. The number of nitrogens with zero attached hydrogens (tertiary/aromatic N) is 1. The van der Waals surface area contributed by atoms with Gasteiger partial charge >= 0.3 is 0 Å². The van der Waals surface area contributed by atoms with Crippen LogP contribution in [0.15, 0.2) is 42.5 Å². The normalized spacial score (nSPS) is 17.9.